The standard InChI is InChI=1S/C15H22N4O/c1-11-6-7-14(13(3)16-11)18-15-17-12(2)10-19(15)8-5-9-20-4/h6-7,10H,5,8-9H2,1-4H3,(H,17,18). The second kappa shape index (κ2) is 6.52. The monoisotopic (exact) mass is 274 g/mol. The van der Waals surface area contributed by atoms with Crippen LogP contribution in [0.2, 0.25) is 0 Å². The van der Waals surface area contributed by atoms with E-state index in [9.17, 15) is 0 Å². The van der Waals surface area contributed by atoms with Gasteiger partial charge in [0.05, 0.1) is 17.1 Å². The molecule has 0 aliphatic rings. The summed E-state index contributed by atoms with van der Waals surface area (Å²) in [5.74, 6) is 0.854. The van der Waals surface area contributed by atoms with E-state index in [1.807, 2.05) is 32.9 Å². The lowest BCUT2D eigenvalue weighted by molar-refractivity contribution is 0.190. The summed E-state index contributed by atoms with van der Waals surface area (Å²) in [4.78, 5) is 8.99. The molecule has 0 atom stereocenters. The highest BCUT2D eigenvalue weighted by Gasteiger charge is 2.08. The van der Waals surface area contributed by atoms with Gasteiger partial charge < -0.3 is 14.6 Å². The average Bonchev–Trinajstić information content (AvgIpc) is 2.73. The van der Waals surface area contributed by atoms with E-state index in [4.69, 9.17) is 4.74 Å². The van der Waals surface area contributed by atoms with Crippen molar-refractivity contribution in [2.45, 2.75) is 33.7 Å². The van der Waals surface area contributed by atoms with Gasteiger partial charge in [-0.3, -0.25) is 4.98 Å². The SMILES string of the molecule is COCCCn1cc(C)nc1Nc1ccc(C)nc1C. The lowest BCUT2D eigenvalue weighted by Crippen LogP contribution is -2.06. The molecule has 0 saturated heterocycles. The number of methoxy groups -OCH3 is 1. The first kappa shape index (κ1) is 14.5. The molecule has 108 valence electrons. The first-order chi connectivity index (χ1) is 9.60. The molecule has 0 unspecified atom stereocenters. The van der Waals surface area contributed by atoms with E-state index in [1.165, 1.54) is 0 Å². The molecule has 5 heteroatoms. The molecule has 0 spiro atoms. The van der Waals surface area contributed by atoms with E-state index in [1.54, 1.807) is 7.11 Å². The maximum Gasteiger partial charge on any atom is 0.207 e. The molecule has 0 aliphatic carbocycles. The Bertz CT molecular complexity index is 577. The fraction of sp³-hybridized carbons (Fsp3) is 0.467. The van der Waals surface area contributed by atoms with Crippen LogP contribution >= 0.6 is 0 Å². The minimum atomic E-state index is 0.752. The van der Waals surface area contributed by atoms with Gasteiger partial charge in [0.15, 0.2) is 0 Å². The molecule has 2 aromatic rings. The van der Waals surface area contributed by atoms with Gasteiger partial charge in [-0.1, -0.05) is 0 Å². The van der Waals surface area contributed by atoms with E-state index in [2.05, 4.69) is 26.0 Å². The van der Waals surface area contributed by atoms with Crippen molar-refractivity contribution >= 4 is 11.6 Å². The number of aryl methyl sites for hydroxylation is 4. The normalized spacial score (nSPS) is 10.8. The van der Waals surface area contributed by atoms with Gasteiger partial charge >= 0.3 is 0 Å². The minimum Gasteiger partial charge on any atom is -0.385 e. The summed E-state index contributed by atoms with van der Waals surface area (Å²) in [5, 5.41) is 3.36. The maximum atomic E-state index is 5.10. The predicted octanol–water partition coefficient (Wildman–Crippen LogP) is 2.98. The number of nitrogens with zero attached hydrogens (tertiary/aromatic N) is 3. The average molecular weight is 274 g/mol. The van der Waals surface area contributed by atoms with Gasteiger partial charge in [0, 0.05) is 32.2 Å². The van der Waals surface area contributed by atoms with Crippen LogP contribution in [0, 0.1) is 20.8 Å². The molecule has 0 aromatic carbocycles. The fourth-order valence-electron chi connectivity index (χ4n) is 2.14. The molecule has 2 rings (SSSR count). The summed E-state index contributed by atoms with van der Waals surface area (Å²) in [5.41, 5.74) is 4.00. The Hall–Kier alpha value is -1.88. The Kier molecular flexibility index (Phi) is 4.74. The van der Waals surface area contributed by atoms with Crippen molar-refractivity contribution in [1.29, 1.82) is 0 Å². The van der Waals surface area contributed by atoms with Crippen LogP contribution < -0.4 is 5.32 Å². The maximum absolute atomic E-state index is 5.10. The zero-order valence-corrected chi connectivity index (χ0v) is 12.6. The van der Waals surface area contributed by atoms with Gasteiger partial charge in [-0.15, -0.1) is 0 Å². The van der Waals surface area contributed by atoms with E-state index in [-0.39, 0.29) is 0 Å². The molecule has 0 aliphatic heterocycles. The number of imidazole rings is 1. The van der Waals surface area contributed by atoms with Crippen molar-refractivity contribution in [2.24, 2.45) is 0 Å². The molecule has 0 fully saturated rings. The Morgan fingerprint density at radius 3 is 2.65 bits per heavy atom. The molecule has 0 bridgehead atoms. The van der Waals surface area contributed by atoms with E-state index >= 15 is 0 Å². The quantitative estimate of drug-likeness (QED) is 0.823. The minimum absolute atomic E-state index is 0.752. The third-order valence-electron chi connectivity index (χ3n) is 3.12. The number of anilines is 2. The summed E-state index contributed by atoms with van der Waals surface area (Å²) in [6, 6.07) is 4.04. The Morgan fingerprint density at radius 1 is 1.15 bits per heavy atom. The highest BCUT2D eigenvalue weighted by atomic mass is 16.5. The van der Waals surface area contributed by atoms with Crippen molar-refractivity contribution < 1.29 is 4.74 Å². The second-order valence-electron chi connectivity index (χ2n) is 4.96. The van der Waals surface area contributed by atoms with Crippen LogP contribution in [0.5, 0.6) is 0 Å². The van der Waals surface area contributed by atoms with E-state index in [0.29, 0.717) is 0 Å². The summed E-state index contributed by atoms with van der Waals surface area (Å²) in [6.07, 6.45) is 3.01. The van der Waals surface area contributed by atoms with Gasteiger partial charge in [0.2, 0.25) is 5.95 Å². The number of pyridine rings is 1. The van der Waals surface area contributed by atoms with Crippen molar-refractivity contribution in [1.82, 2.24) is 14.5 Å². The van der Waals surface area contributed by atoms with Crippen molar-refractivity contribution in [3.8, 4) is 0 Å². The predicted molar refractivity (Wildman–Crippen MR) is 80.5 cm³/mol. The Morgan fingerprint density at radius 2 is 1.95 bits per heavy atom. The van der Waals surface area contributed by atoms with Crippen LogP contribution in [0.25, 0.3) is 0 Å². The van der Waals surface area contributed by atoms with Crippen LogP contribution in [0.1, 0.15) is 23.5 Å². The molecular weight excluding hydrogens is 252 g/mol. The highest BCUT2D eigenvalue weighted by molar-refractivity contribution is 5.56. The Labute approximate surface area is 120 Å². The second-order valence-corrected chi connectivity index (χ2v) is 4.96. The van der Waals surface area contributed by atoms with Crippen LogP contribution in [-0.4, -0.2) is 28.3 Å². The van der Waals surface area contributed by atoms with Crippen LogP contribution in [0.15, 0.2) is 18.3 Å². The number of ether oxygens (including phenoxy) is 1. The lowest BCUT2D eigenvalue weighted by atomic mass is 10.3. The van der Waals surface area contributed by atoms with Gasteiger partial charge in [0.25, 0.3) is 0 Å². The molecule has 1 N–H and O–H groups in total. The topological polar surface area (TPSA) is 52.0 Å². The zero-order valence-electron chi connectivity index (χ0n) is 12.6. The van der Waals surface area contributed by atoms with Gasteiger partial charge in [-0.25, -0.2) is 4.98 Å². The summed E-state index contributed by atoms with van der Waals surface area (Å²) in [6.45, 7) is 7.63. The molecular formula is C15H22N4O. The fourth-order valence-corrected chi connectivity index (χ4v) is 2.14. The smallest absolute Gasteiger partial charge is 0.207 e. The molecule has 2 heterocycles. The molecule has 0 radical (unpaired) electrons. The summed E-state index contributed by atoms with van der Waals surface area (Å²) in [7, 11) is 1.72. The molecule has 20 heavy (non-hydrogen) atoms. The first-order valence-electron chi connectivity index (χ1n) is 6.84. The van der Waals surface area contributed by atoms with Gasteiger partial charge in [-0.2, -0.15) is 0 Å². The number of rotatable bonds is 6. The molecule has 0 saturated carbocycles. The number of hydrogen-bond acceptors (Lipinski definition) is 4. The zero-order chi connectivity index (χ0) is 14.5. The number of aromatic nitrogens is 3. The third kappa shape index (κ3) is 3.57. The van der Waals surface area contributed by atoms with Crippen LogP contribution in [0.3, 0.4) is 0 Å². The van der Waals surface area contributed by atoms with Crippen molar-refractivity contribution in [2.75, 3.05) is 19.0 Å². The molecule has 2 aromatic heterocycles. The summed E-state index contributed by atoms with van der Waals surface area (Å²) >= 11 is 0. The largest absolute Gasteiger partial charge is 0.385 e. The highest BCUT2D eigenvalue weighted by Crippen LogP contribution is 2.19. The van der Waals surface area contributed by atoms with Gasteiger partial charge in [-0.05, 0) is 39.3 Å². The van der Waals surface area contributed by atoms with Gasteiger partial charge in [0.1, 0.15) is 0 Å². The van der Waals surface area contributed by atoms with Crippen LogP contribution in [0.4, 0.5) is 11.6 Å². The third-order valence-corrected chi connectivity index (χ3v) is 3.12. The van der Waals surface area contributed by atoms with Crippen LogP contribution in [-0.2, 0) is 11.3 Å². The Balaban J connectivity index is 2.15. The first-order valence-corrected chi connectivity index (χ1v) is 6.84. The number of nitrogens with one attached hydrogen (secondary N) is 1. The number of hydrogen-bond donors (Lipinski definition) is 1. The van der Waals surface area contributed by atoms with Crippen molar-refractivity contribution in [3.05, 3.63) is 35.4 Å². The van der Waals surface area contributed by atoms with Crippen molar-refractivity contribution in [3.63, 3.8) is 0 Å². The summed E-state index contributed by atoms with van der Waals surface area (Å²) < 4.78 is 7.22. The lowest BCUT2D eigenvalue weighted by Gasteiger charge is -2.11. The van der Waals surface area contributed by atoms with E-state index < -0.39 is 0 Å². The van der Waals surface area contributed by atoms with E-state index in [0.717, 1.165) is 48.3 Å². The molecule has 5 nitrogen and oxygen atoms in total. The molecule has 0 amide bonds.